The van der Waals surface area contributed by atoms with E-state index in [1.807, 2.05) is 19.2 Å². The minimum atomic E-state index is 0. The molecule has 7 nitrogen and oxygen atoms in total. The Balaban J connectivity index is 0.00000320. The Morgan fingerprint density at radius 1 is 1.10 bits per heavy atom. The molecule has 3 rings (SSSR count). The fourth-order valence-corrected chi connectivity index (χ4v) is 4.30. The molecule has 2 saturated heterocycles. The van der Waals surface area contributed by atoms with Crippen molar-refractivity contribution in [1.29, 1.82) is 0 Å². The Morgan fingerprint density at radius 2 is 1.87 bits per heavy atom. The maximum atomic E-state index is 5.53. The topological polar surface area (TPSA) is 52.6 Å². The Labute approximate surface area is 198 Å². The van der Waals surface area contributed by atoms with Gasteiger partial charge in [0.05, 0.1) is 14.2 Å². The fourth-order valence-electron chi connectivity index (χ4n) is 4.30. The Bertz CT molecular complexity index is 679. The molecule has 2 aliphatic heterocycles. The van der Waals surface area contributed by atoms with Gasteiger partial charge in [0.25, 0.3) is 0 Å². The predicted octanol–water partition coefficient (Wildman–Crippen LogP) is 2.36. The number of guanidine groups is 1. The molecule has 1 aromatic carbocycles. The van der Waals surface area contributed by atoms with Crippen LogP contribution in [0.5, 0.6) is 11.5 Å². The van der Waals surface area contributed by atoms with Gasteiger partial charge in [-0.1, -0.05) is 6.92 Å². The normalized spacial score (nSPS) is 20.7. The van der Waals surface area contributed by atoms with Crippen LogP contribution in [0.15, 0.2) is 23.2 Å². The highest BCUT2D eigenvalue weighted by atomic mass is 127. The van der Waals surface area contributed by atoms with E-state index in [2.05, 4.69) is 38.0 Å². The smallest absolute Gasteiger partial charge is 0.193 e. The zero-order valence-corrected chi connectivity index (χ0v) is 21.2. The van der Waals surface area contributed by atoms with Gasteiger partial charge in [-0.3, -0.25) is 9.89 Å². The zero-order chi connectivity index (χ0) is 20.6. The first-order chi connectivity index (χ1) is 14.2. The lowest BCUT2D eigenvalue weighted by Gasteiger charge is -2.37. The van der Waals surface area contributed by atoms with E-state index in [1.54, 1.807) is 14.2 Å². The number of rotatable bonds is 7. The van der Waals surface area contributed by atoms with E-state index >= 15 is 0 Å². The van der Waals surface area contributed by atoms with E-state index in [1.165, 1.54) is 25.1 Å². The summed E-state index contributed by atoms with van der Waals surface area (Å²) in [4.78, 5) is 11.9. The predicted molar refractivity (Wildman–Crippen MR) is 133 cm³/mol. The molecule has 30 heavy (non-hydrogen) atoms. The van der Waals surface area contributed by atoms with Crippen LogP contribution in [0.4, 0.5) is 0 Å². The summed E-state index contributed by atoms with van der Waals surface area (Å²) >= 11 is 0. The highest BCUT2D eigenvalue weighted by Gasteiger charge is 2.24. The van der Waals surface area contributed by atoms with Crippen LogP contribution in [0.1, 0.15) is 18.9 Å². The number of hydrogen-bond donors (Lipinski definition) is 1. The van der Waals surface area contributed by atoms with Crippen molar-refractivity contribution >= 4 is 29.9 Å². The first-order valence-electron chi connectivity index (χ1n) is 10.8. The van der Waals surface area contributed by atoms with Crippen molar-refractivity contribution in [3.8, 4) is 11.5 Å². The largest absolute Gasteiger partial charge is 0.497 e. The maximum absolute atomic E-state index is 5.53. The van der Waals surface area contributed by atoms with Crippen molar-refractivity contribution in [2.24, 2.45) is 10.9 Å². The van der Waals surface area contributed by atoms with Crippen LogP contribution < -0.4 is 14.8 Å². The van der Waals surface area contributed by atoms with Crippen LogP contribution in [0.3, 0.4) is 0 Å². The van der Waals surface area contributed by atoms with Gasteiger partial charge in [0.15, 0.2) is 5.96 Å². The summed E-state index contributed by atoms with van der Waals surface area (Å²) in [5.41, 5.74) is 1.17. The molecule has 0 aliphatic carbocycles. The molecule has 0 aromatic heterocycles. The van der Waals surface area contributed by atoms with Gasteiger partial charge in [-0.05, 0) is 43.6 Å². The average molecular weight is 531 g/mol. The van der Waals surface area contributed by atoms with Crippen molar-refractivity contribution in [1.82, 2.24) is 20.0 Å². The molecule has 0 saturated carbocycles. The number of halogens is 1. The molecular formula is C22H38IN5O2. The molecule has 1 N–H and O–H groups in total. The molecule has 0 spiro atoms. The van der Waals surface area contributed by atoms with E-state index in [9.17, 15) is 0 Å². The third-order valence-corrected chi connectivity index (χ3v) is 6.13. The molecule has 2 aliphatic rings. The Kier molecular flexibility index (Phi) is 10.5. The van der Waals surface area contributed by atoms with Crippen molar-refractivity contribution in [2.45, 2.75) is 19.9 Å². The number of methoxy groups -OCH3 is 2. The van der Waals surface area contributed by atoms with Gasteiger partial charge in [0, 0.05) is 58.4 Å². The van der Waals surface area contributed by atoms with Gasteiger partial charge >= 0.3 is 0 Å². The van der Waals surface area contributed by atoms with Crippen LogP contribution in [0, 0.1) is 5.92 Å². The first-order valence-corrected chi connectivity index (χ1v) is 10.8. The highest BCUT2D eigenvalue weighted by Crippen LogP contribution is 2.25. The quantitative estimate of drug-likeness (QED) is 0.332. The number of piperazine rings is 1. The Morgan fingerprint density at radius 3 is 2.47 bits per heavy atom. The summed E-state index contributed by atoms with van der Waals surface area (Å²) in [6.07, 6.45) is 1.29. The monoisotopic (exact) mass is 531 g/mol. The van der Waals surface area contributed by atoms with Gasteiger partial charge in [-0.2, -0.15) is 0 Å². The standard InChI is InChI=1S/C22H37N5O2.HI/c1-5-25-9-8-18(16-25)15-24-22(23-2)27-12-10-26(11-13-27)17-19-14-20(28-3)6-7-21(19)29-4;/h6-7,14,18H,5,8-13,15-17H2,1-4H3,(H,23,24);1H. The van der Waals surface area contributed by atoms with Gasteiger partial charge in [0.1, 0.15) is 11.5 Å². The van der Waals surface area contributed by atoms with Crippen LogP contribution in [-0.4, -0.2) is 94.3 Å². The number of aliphatic imine (C=N–C) groups is 1. The average Bonchev–Trinajstić information content (AvgIpc) is 3.23. The molecule has 0 amide bonds. The summed E-state index contributed by atoms with van der Waals surface area (Å²) in [6, 6.07) is 6.01. The first kappa shape index (κ1) is 25.0. The fraction of sp³-hybridized carbons (Fsp3) is 0.682. The van der Waals surface area contributed by atoms with Gasteiger partial charge < -0.3 is 24.6 Å². The number of nitrogens with one attached hydrogen (secondary N) is 1. The summed E-state index contributed by atoms with van der Waals surface area (Å²) < 4.78 is 10.9. The molecule has 0 bridgehead atoms. The Hall–Kier alpha value is -1.26. The minimum absolute atomic E-state index is 0. The second-order valence-electron chi connectivity index (χ2n) is 7.92. The van der Waals surface area contributed by atoms with Crippen LogP contribution in [0.2, 0.25) is 0 Å². The number of likely N-dealkylation sites (tertiary alicyclic amines) is 1. The van der Waals surface area contributed by atoms with Gasteiger partial charge in [-0.15, -0.1) is 24.0 Å². The molecule has 170 valence electrons. The summed E-state index contributed by atoms with van der Waals surface area (Å²) in [5.74, 6) is 3.56. The van der Waals surface area contributed by atoms with E-state index in [-0.39, 0.29) is 24.0 Å². The molecule has 0 radical (unpaired) electrons. The lowest BCUT2D eigenvalue weighted by molar-refractivity contribution is 0.170. The third-order valence-electron chi connectivity index (χ3n) is 6.13. The second-order valence-corrected chi connectivity index (χ2v) is 7.92. The summed E-state index contributed by atoms with van der Waals surface area (Å²) in [7, 11) is 5.32. The van der Waals surface area contributed by atoms with Crippen LogP contribution in [-0.2, 0) is 6.54 Å². The van der Waals surface area contributed by atoms with Crippen molar-refractivity contribution in [2.75, 3.05) is 73.6 Å². The lowest BCUT2D eigenvalue weighted by atomic mass is 10.1. The number of ether oxygens (including phenoxy) is 2. The lowest BCUT2D eigenvalue weighted by Crippen LogP contribution is -2.52. The van der Waals surface area contributed by atoms with E-state index < -0.39 is 0 Å². The SMILES string of the molecule is CCN1CCC(CNC(=NC)N2CCN(Cc3cc(OC)ccc3OC)CC2)C1.I. The van der Waals surface area contributed by atoms with Crippen LogP contribution >= 0.6 is 24.0 Å². The maximum Gasteiger partial charge on any atom is 0.193 e. The van der Waals surface area contributed by atoms with Crippen LogP contribution in [0.25, 0.3) is 0 Å². The number of benzene rings is 1. The molecule has 2 heterocycles. The third kappa shape index (κ3) is 6.62. The zero-order valence-electron chi connectivity index (χ0n) is 18.9. The second kappa shape index (κ2) is 12.6. The number of nitrogens with zero attached hydrogens (tertiary/aromatic N) is 4. The molecule has 1 aromatic rings. The molecule has 2 fully saturated rings. The highest BCUT2D eigenvalue weighted by molar-refractivity contribution is 14.0. The minimum Gasteiger partial charge on any atom is -0.497 e. The van der Waals surface area contributed by atoms with E-state index in [0.29, 0.717) is 0 Å². The van der Waals surface area contributed by atoms with Gasteiger partial charge in [0.2, 0.25) is 0 Å². The molecule has 1 unspecified atom stereocenters. The van der Waals surface area contributed by atoms with Crippen molar-refractivity contribution < 1.29 is 9.47 Å². The van der Waals surface area contributed by atoms with E-state index in [0.717, 1.165) is 69.2 Å². The van der Waals surface area contributed by atoms with E-state index in [4.69, 9.17) is 9.47 Å². The van der Waals surface area contributed by atoms with Crippen molar-refractivity contribution in [3.05, 3.63) is 23.8 Å². The van der Waals surface area contributed by atoms with Crippen molar-refractivity contribution in [3.63, 3.8) is 0 Å². The summed E-state index contributed by atoms with van der Waals surface area (Å²) in [5, 5.41) is 3.62. The van der Waals surface area contributed by atoms with Gasteiger partial charge in [-0.25, -0.2) is 0 Å². The number of hydrogen-bond acceptors (Lipinski definition) is 5. The summed E-state index contributed by atoms with van der Waals surface area (Å²) in [6.45, 7) is 11.7. The molecular weight excluding hydrogens is 493 g/mol. The molecule has 1 atom stereocenters. The molecule has 8 heteroatoms.